The van der Waals surface area contributed by atoms with E-state index in [1.165, 1.54) is 23.1 Å². The molecule has 0 saturated carbocycles. The van der Waals surface area contributed by atoms with Crippen molar-refractivity contribution in [2.24, 2.45) is 0 Å². The average molecular weight is 381 g/mol. The third kappa shape index (κ3) is 3.94. The van der Waals surface area contributed by atoms with Crippen molar-refractivity contribution in [3.8, 4) is 0 Å². The molecule has 0 atom stereocenters. The standard InChI is InChI=1S/C18H15Cl2FN2O2/c19-13-4-1-3-12(9-13)18(25)23(11-22-8-2-5-17(22)24)14-6-7-16(21)15(20)10-14/h1,3-4,6-7,9-10H,2,5,8,11H2. The van der Waals surface area contributed by atoms with Crippen LogP contribution < -0.4 is 4.90 Å². The van der Waals surface area contributed by atoms with Crippen molar-refractivity contribution in [3.05, 3.63) is 63.9 Å². The van der Waals surface area contributed by atoms with E-state index in [9.17, 15) is 14.0 Å². The van der Waals surface area contributed by atoms with Crippen LogP contribution in [0.2, 0.25) is 10.0 Å². The fourth-order valence-corrected chi connectivity index (χ4v) is 3.08. The minimum absolute atomic E-state index is 0.0166. The molecule has 0 spiro atoms. The molecule has 1 aliphatic rings. The second-order valence-electron chi connectivity index (χ2n) is 5.74. The van der Waals surface area contributed by atoms with Gasteiger partial charge in [-0.3, -0.25) is 14.5 Å². The van der Waals surface area contributed by atoms with Gasteiger partial charge in [0.05, 0.1) is 5.02 Å². The molecular weight excluding hydrogens is 366 g/mol. The second kappa shape index (κ2) is 7.42. The number of halogens is 3. The largest absolute Gasteiger partial charge is 0.324 e. The average Bonchev–Trinajstić information content (AvgIpc) is 2.99. The van der Waals surface area contributed by atoms with Gasteiger partial charge < -0.3 is 4.90 Å². The smallest absolute Gasteiger partial charge is 0.259 e. The number of hydrogen-bond donors (Lipinski definition) is 0. The maximum absolute atomic E-state index is 13.5. The Morgan fingerprint density at radius 2 is 2.00 bits per heavy atom. The first kappa shape index (κ1) is 17.7. The predicted molar refractivity (Wildman–Crippen MR) is 95.5 cm³/mol. The van der Waals surface area contributed by atoms with E-state index in [-0.39, 0.29) is 23.5 Å². The van der Waals surface area contributed by atoms with E-state index in [4.69, 9.17) is 23.2 Å². The Hall–Kier alpha value is -2.11. The van der Waals surface area contributed by atoms with Gasteiger partial charge in [-0.25, -0.2) is 4.39 Å². The minimum atomic E-state index is -0.571. The first-order valence-corrected chi connectivity index (χ1v) is 8.51. The summed E-state index contributed by atoms with van der Waals surface area (Å²) in [6.07, 6.45) is 1.21. The van der Waals surface area contributed by atoms with Crippen LogP contribution in [0.3, 0.4) is 0 Å². The SMILES string of the molecule is O=C1CCCN1CN(C(=O)c1cccc(Cl)c1)c1ccc(F)c(Cl)c1. The third-order valence-corrected chi connectivity index (χ3v) is 4.54. The summed E-state index contributed by atoms with van der Waals surface area (Å²) in [5.74, 6) is -0.931. The molecule has 1 heterocycles. The van der Waals surface area contributed by atoms with Gasteiger partial charge in [-0.15, -0.1) is 0 Å². The van der Waals surface area contributed by atoms with Crippen LogP contribution in [0, 0.1) is 5.82 Å². The maximum Gasteiger partial charge on any atom is 0.259 e. The number of nitrogens with zero attached hydrogens (tertiary/aromatic N) is 2. The van der Waals surface area contributed by atoms with E-state index >= 15 is 0 Å². The molecule has 4 nitrogen and oxygen atoms in total. The Morgan fingerprint density at radius 1 is 1.20 bits per heavy atom. The van der Waals surface area contributed by atoms with Crippen LogP contribution in [-0.4, -0.2) is 29.9 Å². The number of carbonyl (C=O) groups excluding carboxylic acids is 2. The molecule has 1 fully saturated rings. The summed E-state index contributed by atoms with van der Waals surface area (Å²) in [6, 6.07) is 10.6. The van der Waals surface area contributed by atoms with Crippen LogP contribution in [0.5, 0.6) is 0 Å². The molecule has 7 heteroatoms. The normalized spacial score (nSPS) is 14.0. The van der Waals surface area contributed by atoms with Gasteiger partial charge in [-0.05, 0) is 42.8 Å². The highest BCUT2D eigenvalue weighted by atomic mass is 35.5. The molecule has 130 valence electrons. The number of likely N-dealkylation sites (tertiary alicyclic amines) is 1. The molecule has 0 aliphatic carbocycles. The van der Waals surface area contributed by atoms with Gasteiger partial charge in [0.2, 0.25) is 5.91 Å². The van der Waals surface area contributed by atoms with Crippen molar-refractivity contribution in [2.45, 2.75) is 12.8 Å². The molecule has 1 saturated heterocycles. The fourth-order valence-electron chi connectivity index (χ4n) is 2.72. The van der Waals surface area contributed by atoms with Crippen molar-refractivity contribution in [2.75, 3.05) is 18.1 Å². The topological polar surface area (TPSA) is 40.6 Å². The Bertz CT molecular complexity index is 828. The number of carbonyl (C=O) groups is 2. The van der Waals surface area contributed by atoms with Crippen LogP contribution in [-0.2, 0) is 4.79 Å². The number of benzene rings is 2. The monoisotopic (exact) mass is 380 g/mol. The van der Waals surface area contributed by atoms with Gasteiger partial charge in [-0.2, -0.15) is 0 Å². The van der Waals surface area contributed by atoms with Gasteiger partial charge >= 0.3 is 0 Å². The lowest BCUT2D eigenvalue weighted by Gasteiger charge is -2.28. The first-order chi connectivity index (χ1) is 12.0. The van der Waals surface area contributed by atoms with E-state index in [1.807, 2.05) is 0 Å². The molecule has 0 bridgehead atoms. The molecular formula is C18H15Cl2FN2O2. The van der Waals surface area contributed by atoms with Gasteiger partial charge in [0.15, 0.2) is 0 Å². The second-order valence-corrected chi connectivity index (χ2v) is 6.59. The van der Waals surface area contributed by atoms with Crippen molar-refractivity contribution >= 4 is 40.7 Å². The zero-order chi connectivity index (χ0) is 18.0. The molecule has 3 rings (SSSR count). The summed E-state index contributed by atoms with van der Waals surface area (Å²) < 4.78 is 13.5. The Kier molecular flexibility index (Phi) is 5.25. The quantitative estimate of drug-likeness (QED) is 0.790. The zero-order valence-corrected chi connectivity index (χ0v) is 14.7. The van der Waals surface area contributed by atoms with E-state index in [0.717, 1.165) is 6.42 Å². The lowest BCUT2D eigenvalue weighted by molar-refractivity contribution is -0.127. The van der Waals surface area contributed by atoms with Gasteiger partial charge in [0, 0.05) is 29.2 Å². The van der Waals surface area contributed by atoms with Gasteiger partial charge in [-0.1, -0.05) is 29.3 Å². The van der Waals surface area contributed by atoms with Crippen molar-refractivity contribution < 1.29 is 14.0 Å². The number of rotatable bonds is 4. The summed E-state index contributed by atoms with van der Waals surface area (Å²) in [5, 5.41) is 0.342. The van der Waals surface area contributed by atoms with E-state index < -0.39 is 5.82 Å². The summed E-state index contributed by atoms with van der Waals surface area (Å²) in [4.78, 5) is 27.9. The molecule has 0 unspecified atom stereocenters. The molecule has 0 aromatic heterocycles. The molecule has 2 amide bonds. The Balaban J connectivity index is 1.96. The number of anilines is 1. The highest BCUT2D eigenvalue weighted by molar-refractivity contribution is 6.31. The lowest BCUT2D eigenvalue weighted by atomic mass is 10.2. The van der Waals surface area contributed by atoms with Gasteiger partial charge in [0.25, 0.3) is 5.91 Å². The number of hydrogen-bond acceptors (Lipinski definition) is 2. The fraction of sp³-hybridized carbons (Fsp3) is 0.222. The van der Waals surface area contributed by atoms with Crippen molar-refractivity contribution in [3.63, 3.8) is 0 Å². The highest BCUT2D eigenvalue weighted by Crippen LogP contribution is 2.26. The zero-order valence-electron chi connectivity index (χ0n) is 13.2. The molecule has 1 aliphatic heterocycles. The predicted octanol–water partition coefficient (Wildman–Crippen LogP) is 4.36. The highest BCUT2D eigenvalue weighted by Gasteiger charge is 2.26. The summed E-state index contributed by atoms with van der Waals surface area (Å²) in [7, 11) is 0. The van der Waals surface area contributed by atoms with Crippen LogP contribution in [0.15, 0.2) is 42.5 Å². The maximum atomic E-state index is 13.5. The Labute approximate surface area is 154 Å². The van der Waals surface area contributed by atoms with Crippen LogP contribution in [0.4, 0.5) is 10.1 Å². The summed E-state index contributed by atoms with van der Waals surface area (Å²) in [6.45, 7) is 0.652. The molecule has 2 aromatic carbocycles. The number of amides is 2. The van der Waals surface area contributed by atoms with Gasteiger partial charge in [0.1, 0.15) is 12.5 Å². The van der Waals surface area contributed by atoms with Crippen molar-refractivity contribution in [1.82, 2.24) is 4.90 Å². The summed E-state index contributed by atoms with van der Waals surface area (Å²) in [5.41, 5.74) is 0.788. The van der Waals surface area contributed by atoms with Crippen molar-refractivity contribution in [1.29, 1.82) is 0 Å². The lowest BCUT2D eigenvalue weighted by Crippen LogP contribution is -2.42. The minimum Gasteiger partial charge on any atom is -0.324 e. The molecule has 25 heavy (non-hydrogen) atoms. The van der Waals surface area contributed by atoms with Crippen LogP contribution >= 0.6 is 23.2 Å². The third-order valence-electron chi connectivity index (χ3n) is 4.02. The van der Waals surface area contributed by atoms with Crippen LogP contribution in [0.1, 0.15) is 23.2 Å². The van der Waals surface area contributed by atoms with E-state index in [2.05, 4.69) is 0 Å². The van der Waals surface area contributed by atoms with Crippen LogP contribution in [0.25, 0.3) is 0 Å². The summed E-state index contributed by atoms with van der Waals surface area (Å²) >= 11 is 11.8. The molecule has 0 radical (unpaired) electrons. The van der Waals surface area contributed by atoms with E-state index in [1.54, 1.807) is 29.2 Å². The molecule has 0 N–H and O–H groups in total. The Morgan fingerprint density at radius 3 is 2.64 bits per heavy atom. The molecule has 2 aromatic rings. The van der Waals surface area contributed by atoms with E-state index in [0.29, 0.717) is 29.2 Å². The first-order valence-electron chi connectivity index (χ1n) is 7.76.